The molecule has 2 aromatic carbocycles. The Labute approximate surface area is 192 Å². The highest BCUT2D eigenvalue weighted by molar-refractivity contribution is 7.80. The highest BCUT2D eigenvalue weighted by Gasteiger charge is 2.42. The van der Waals surface area contributed by atoms with Gasteiger partial charge in [-0.05, 0) is 86.2 Å². The van der Waals surface area contributed by atoms with E-state index >= 15 is 0 Å². The molecule has 5 rings (SSSR count). The molecule has 1 fully saturated rings. The van der Waals surface area contributed by atoms with E-state index in [1.807, 2.05) is 92.7 Å². The first-order chi connectivity index (χ1) is 15.6. The second-order valence-corrected chi connectivity index (χ2v) is 8.19. The molecule has 4 aromatic rings. The van der Waals surface area contributed by atoms with Crippen molar-refractivity contribution in [2.45, 2.75) is 25.9 Å². The van der Waals surface area contributed by atoms with Crippen molar-refractivity contribution in [3.05, 3.63) is 108 Å². The maximum Gasteiger partial charge on any atom is 0.174 e. The van der Waals surface area contributed by atoms with Crippen LogP contribution in [0, 0.1) is 13.8 Å². The first kappa shape index (κ1) is 20.3. The van der Waals surface area contributed by atoms with Gasteiger partial charge in [0, 0.05) is 11.9 Å². The van der Waals surface area contributed by atoms with Crippen molar-refractivity contribution in [2.24, 2.45) is 0 Å². The van der Waals surface area contributed by atoms with E-state index in [0.717, 1.165) is 40.0 Å². The first-order valence-corrected chi connectivity index (χ1v) is 10.9. The quantitative estimate of drug-likeness (QED) is 0.369. The van der Waals surface area contributed by atoms with Crippen LogP contribution >= 0.6 is 12.2 Å². The smallest absolute Gasteiger partial charge is 0.174 e. The fraction of sp³-hybridized carbons (Fsp3) is 0.154. The van der Waals surface area contributed by atoms with Gasteiger partial charge in [-0.15, -0.1) is 0 Å². The summed E-state index contributed by atoms with van der Waals surface area (Å²) in [5, 5.41) is 4.07. The van der Waals surface area contributed by atoms with Crippen LogP contribution in [0.5, 0.6) is 11.5 Å². The third-order valence-corrected chi connectivity index (χ3v) is 5.90. The van der Waals surface area contributed by atoms with E-state index in [2.05, 4.69) is 15.2 Å². The molecule has 1 saturated heterocycles. The summed E-state index contributed by atoms with van der Waals surface area (Å²) in [5.74, 6) is 3.32. The van der Waals surface area contributed by atoms with Crippen LogP contribution in [0.4, 0.5) is 5.69 Å². The lowest BCUT2D eigenvalue weighted by atomic mass is 10.0. The van der Waals surface area contributed by atoms with Gasteiger partial charge in [0.25, 0.3) is 0 Å². The molecule has 0 unspecified atom stereocenters. The fourth-order valence-electron chi connectivity index (χ4n) is 4.01. The number of aryl methyl sites for hydroxylation is 2. The zero-order valence-electron chi connectivity index (χ0n) is 17.9. The largest absolute Gasteiger partial charge is 0.464 e. The highest BCUT2D eigenvalue weighted by atomic mass is 32.1. The minimum atomic E-state index is -0.158. The second kappa shape index (κ2) is 8.48. The predicted molar refractivity (Wildman–Crippen MR) is 129 cm³/mol. The van der Waals surface area contributed by atoms with Crippen LogP contribution < -0.4 is 15.0 Å². The van der Waals surface area contributed by atoms with Gasteiger partial charge in [0.15, 0.2) is 5.11 Å². The Balaban J connectivity index is 1.48. The van der Waals surface area contributed by atoms with Crippen molar-refractivity contribution in [3.63, 3.8) is 0 Å². The number of aromatic nitrogens is 1. The SMILES string of the molecule is Cc1ccc([C@@H]2[C@@H](c3ccccn3)NC(=S)N2c2ccc(Oc3ccccc3C)cc2)o1. The number of anilines is 1. The molecule has 32 heavy (non-hydrogen) atoms. The minimum Gasteiger partial charge on any atom is -0.464 e. The Morgan fingerprint density at radius 2 is 1.72 bits per heavy atom. The van der Waals surface area contributed by atoms with Gasteiger partial charge in [-0.25, -0.2) is 0 Å². The fourth-order valence-corrected chi connectivity index (χ4v) is 4.35. The van der Waals surface area contributed by atoms with Gasteiger partial charge in [0.2, 0.25) is 0 Å². The summed E-state index contributed by atoms with van der Waals surface area (Å²) in [5.41, 5.74) is 2.96. The Hall–Kier alpha value is -3.64. The molecule has 1 aliphatic heterocycles. The molecule has 1 aliphatic rings. The number of nitrogens with one attached hydrogen (secondary N) is 1. The number of furan rings is 1. The molecule has 160 valence electrons. The van der Waals surface area contributed by atoms with Crippen LogP contribution in [-0.4, -0.2) is 10.1 Å². The zero-order valence-corrected chi connectivity index (χ0v) is 18.7. The molecule has 0 bridgehead atoms. The third kappa shape index (κ3) is 3.85. The van der Waals surface area contributed by atoms with Gasteiger partial charge in [0.1, 0.15) is 29.1 Å². The summed E-state index contributed by atoms with van der Waals surface area (Å²) < 4.78 is 12.1. The third-order valence-electron chi connectivity index (χ3n) is 5.59. The molecule has 0 radical (unpaired) electrons. The average molecular weight is 442 g/mol. The number of hydrogen-bond acceptors (Lipinski definition) is 4. The maximum absolute atomic E-state index is 6.06. The molecule has 0 amide bonds. The number of thiocarbonyl (C=S) groups is 1. The molecule has 2 atom stereocenters. The van der Waals surface area contributed by atoms with E-state index in [1.54, 1.807) is 6.20 Å². The zero-order chi connectivity index (χ0) is 22.1. The van der Waals surface area contributed by atoms with E-state index in [4.69, 9.17) is 21.4 Å². The summed E-state index contributed by atoms with van der Waals surface area (Å²) >= 11 is 5.75. The van der Waals surface area contributed by atoms with Crippen LogP contribution in [0.1, 0.15) is 34.9 Å². The van der Waals surface area contributed by atoms with E-state index in [0.29, 0.717) is 5.11 Å². The Morgan fingerprint density at radius 1 is 0.938 bits per heavy atom. The maximum atomic E-state index is 6.06. The molecule has 3 heterocycles. The lowest BCUT2D eigenvalue weighted by Gasteiger charge is -2.26. The van der Waals surface area contributed by atoms with Crippen molar-refractivity contribution in [1.29, 1.82) is 0 Å². The van der Waals surface area contributed by atoms with Gasteiger partial charge in [-0.1, -0.05) is 24.3 Å². The Bertz CT molecular complexity index is 1240. The number of hydrogen-bond donors (Lipinski definition) is 1. The number of rotatable bonds is 5. The van der Waals surface area contributed by atoms with E-state index < -0.39 is 0 Å². The molecule has 6 heteroatoms. The number of pyridine rings is 1. The van der Waals surface area contributed by atoms with Crippen molar-refractivity contribution in [2.75, 3.05) is 4.90 Å². The molecule has 0 saturated carbocycles. The molecule has 1 N–H and O–H groups in total. The Kier molecular flexibility index (Phi) is 5.37. The summed E-state index contributed by atoms with van der Waals surface area (Å²) in [6.07, 6.45) is 1.80. The normalized spacial score (nSPS) is 17.9. The summed E-state index contributed by atoms with van der Waals surface area (Å²) in [6.45, 7) is 3.98. The molecular weight excluding hydrogens is 418 g/mol. The van der Waals surface area contributed by atoms with Crippen LogP contribution in [0.2, 0.25) is 0 Å². The van der Waals surface area contributed by atoms with Gasteiger partial charge >= 0.3 is 0 Å². The predicted octanol–water partition coefficient (Wildman–Crippen LogP) is 6.26. The van der Waals surface area contributed by atoms with E-state index in [1.165, 1.54) is 0 Å². The molecule has 5 nitrogen and oxygen atoms in total. The topological polar surface area (TPSA) is 50.5 Å². The standard InChI is InChI=1S/C26H23N3O2S/c1-17-7-3-4-9-22(17)31-20-13-11-19(12-14-20)29-25(23-15-10-18(2)30-23)24(28-26(29)32)21-8-5-6-16-27-21/h3-16,24-25H,1-2H3,(H,28,32)/t24-,25-/m1/s1. The average Bonchev–Trinajstić information content (AvgIpc) is 3.39. The van der Waals surface area contributed by atoms with E-state index in [9.17, 15) is 0 Å². The first-order valence-electron chi connectivity index (χ1n) is 10.5. The molecular formula is C26H23N3O2S. The van der Waals surface area contributed by atoms with Crippen molar-refractivity contribution in [1.82, 2.24) is 10.3 Å². The van der Waals surface area contributed by atoms with Crippen molar-refractivity contribution in [3.8, 4) is 11.5 Å². The molecule has 0 spiro atoms. The van der Waals surface area contributed by atoms with Crippen LogP contribution in [0.3, 0.4) is 0 Å². The number of para-hydroxylation sites is 1. The van der Waals surface area contributed by atoms with E-state index in [-0.39, 0.29) is 12.1 Å². The summed E-state index contributed by atoms with van der Waals surface area (Å²) in [7, 11) is 0. The lowest BCUT2D eigenvalue weighted by Crippen LogP contribution is -2.29. The van der Waals surface area contributed by atoms with Gasteiger partial charge < -0.3 is 19.4 Å². The Morgan fingerprint density at radius 3 is 2.41 bits per heavy atom. The summed E-state index contributed by atoms with van der Waals surface area (Å²) in [6, 6.07) is 25.5. The number of nitrogens with zero attached hydrogens (tertiary/aromatic N) is 2. The molecule has 2 aromatic heterocycles. The van der Waals surface area contributed by atoms with Gasteiger partial charge in [-0.2, -0.15) is 0 Å². The van der Waals surface area contributed by atoms with Crippen LogP contribution in [0.25, 0.3) is 0 Å². The number of ether oxygens (including phenoxy) is 1. The van der Waals surface area contributed by atoms with Crippen molar-refractivity contribution < 1.29 is 9.15 Å². The van der Waals surface area contributed by atoms with Crippen molar-refractivity contribution >= 4 is 23.0 Å². The van der Waals surface area contributed by atoms with Gasteiger partial charge in [-0.3, -0.25) is 4.98 Å². The second-order valence-electron chi connectivity index (χ2n) is 7.81. The van der Waals surface area contributed by atoms with Gasteiger partial charge in [0.05, 0.1) is 11.7 Å². The molecule has 0 aliphatic carbocycles. The minimum absolute atomic E-state index is 0.128. The van der Waals surface area contributed by atoms with Crippen LogP contribution in [-0.2, 0) is 0 Å². The van der Waals surface area contributed by atoms with Crippen LogP contribution in [0.15, 0.2) is 89.5 Å². The lowest BCUT2D eigenvalue weighted by molar-refractivity contribution is 0.418. The highest BCUT2D eigenvalue weighted by Crippen LogP contribution is 2.42. The number of benzene rings is 2. The summed E-state index contributed by atoms with van der Waals surface area (Å²) in [4.78, 5) is 6.65. The monoisotopic (exact) mass is 441 g/mol.